The summed E-state index contributed by atoms with van der Waals surface area (Å²) in [6, 6.07) is 8.19. The molecular weight excluding hydrogens is 432 g/mol. The van der Waals surface area contributed by atoms with E-state index in [0.717, 1.165) is 12.1 Å². The Hall–Kier alpha value is -3.02. The molecule has 164 valence electrons. The van der Waals surface area contributed by atoms with Crippen LogP contribution in [0.25, 0.3) is 0 Å². The van der Waals surface area contributed by atoms with Crippen LogP contribution < -0.4 is 14.8 Å². The minimum Gasteiger partial charge on any atom is -0.491 e. The molecule has 2 aromatic rings. The minimum atomic E-state index is -4.50. The van der Waals surface area contributed by atoms with E-state index in [0.29, 0.717) is 6.07 Å². The highest BCUT2D eigenvalue weighted by Gasteiger charge is 2.27. The van der Waals surface area contributed by atoms with Crippen LogP contribution in [0.15, 0.2) is 47.4 Å². The number of sulfonamides is 1. The quantitative estimate of drug-likeness (QED) is 0.375. The van der Waals surface area contributed by atoms with Gasteiger partial charge < -0.3 is 15.2 Å². The van der Waals surface area contributed by atoms with Crippen LogP contribution in [0.3, 0.4) is 0 Å². The summed E-state index contributed by atoms with van der Waals surface area (Å²) in [6.45, 7) is -1.44. The number of para-hydroxylation sites is 2. The molecule has 7 nitrogen and oxygen atoms in total. The molecule has 0 bridgehead atoms. The molecular formula is C18H18F4N2O5S. The Morgan fingerprint density at radius 3 is 2.37 bits per heavy atom. The smallest absolute Gasteiger partial charge is 0.405 e. The zero-order valence-electron chi connectivity index (χ0n) is 15.4. The van der Waals surface area contributed by atoms with Crippen molar-refractivity contribution in [1.82, 2.24) is 0 Å². The van der Waals surface area contributed by atoms with Gasteiger partial charge in [-0.15, -0.1) is 0 Å². The molecule has 2 rings (SSSR count). The summed E-state index contributed by atoms with van der Waals surface area (Å²) in [5.74, 6) is -2.28. The van der Waals surface area contributed by atoms with E-state index >= 15 is 0 Å². The van der Waals surface area contributed by atoms with Gasteiger partial charge in [-0.3, -0.25) is 9.52 Å². The number of carboxylic acids is 1. The van der Waals surface area contributed by atoms with Crippen molar-refractivity contribution in [2.75, 3.05) is 23.2 Å². The number of nitrogens with one attached hydrogen (secondary N) is 2. The molecule has 0 unspecified atom stereocenters. The Bertz CT molecular complexity index is 996. The first-order chi connectivity index (χ1) is 14.0. The van der Waals surface area contributed by atoms with E-state index in [4.69, 9.17) is 9.84 Å². The van der Waals surface area contributed by atoms with Gasteiger partial charge in [0.2, 0.25) is 0 Å². The van der Waals surface area contributed by atoms with Crippen LogP contribution in [-0.4, -0.2) is 38.8 Å². The maximum absolute atomic E-state index is 14.2. The van der Waals surface area contributed by atoms with E-state index < -0.39 is 39.4 Å². The van der Waals surface area contributed by atoms with Crippen molar-refractivity contribution in [2.45, 2.75) is 23.9 Å². The minimum absolute atomic E-state index is 0.0776. The predicted octanol–water partition coefficient (Wildman–Crippen LogP) is 3.84. The molecule has 0 saturated heterocycles. The molecule has 0 radical (unpaired) electrons. The van der Waals surface area contributed by atoms with E-state index in [2.05, 4.69) is 10.0 Å². The monoisotopic (exact) mass is 450 g/mol. The van der Waals surface area contributed by atoms with Crippen LogP contribution in [0.5, 0.6) is 5.75 Å². The number of hydrogen-bond acceptors (Lipinski definition) is 5. The van der Waals surface area contributed by atoms with Gasteiger partial charge in [-0.2, -0.15) is 13.2 Å². The standard InChI is InChI=1S/C18H18F4N2O5S/c19-13-10-12(7-8-16(13)29-9-3-6-17(25)26)30(27,28)24-15-5-2-1-4-14(15)23-11-18(20,21)22/h1-2,4-5,7-8,10,23-24H,3,6,9,11H2,(H,25,26). The highest BCUT2D eigenvalue weighted by atomic mass is 32.2. The summed E-state index contributed by atoms with van der Waals surface area (Å²) in [5.41, 5.74) is -0.242. The molecule has 3 N–H and O–H groups in total. The van der Waals surface area contributed by atoms with Crippen molar-refractivity contribution in [3.63, 3.8) is 0 Å². The fourth-order valence-electron chi connectivity index (χ4n) is 2.30. The molecule has 0 atom stereocenters. The first kappa shape index (κ1) is 23.3. The summed E-state index contributed by atoms with van der Waals surface area (Å²) in [7, 11) is -4.31. The number of carboxylic acid groups (broad SMARTS) is 1. The molecule has 0 heterocycles. The topological polar surface area (TPSA) is 105 Å². The van der Waals surface area contributed by atoms with Gasteiger partial charge in [-0.1, -0.05) is 12.1 Å². The summed E-state index contributed by atoms with van der Waals surface area (Å²) < 4.78 is 83.7. The lowest BCUT2D eigenvalue weighted by Crippen LogP contribution is -2.22. The average Bonchev–Trinajstić information content (AvgIpc) is 2.64. The van der Waals surface area contributed by atoms with E-state index in [1.165, 1.54) is 24.3 Å². The van der Waals surface area contributed by atoms with Gasteiger partial charge in [0.05, 0.1) is 22.9 Å². The second-order valence-electron chi connectivity index (χ2n) is 6.06. The number of rotatable bonds is 10. The van der Waals surface area contributed by atoms with Crippen molar-refractivity contribution in [2.24, 2.45) is 0 Å². The number of hydrogen-bond donors (Lipinski definition) is 3. The fourth-order valence-corrected chi connectivity index (χ4v) is 3.39. The number of alkyl halides is 3. The predicted molar refractivity (Wildman–Crippen MR) is 101 cm³/mol. The van der Waals surface area contributed by atoms with Gasteiger partial charge in [0.25, 0.3) is 10.0 Å². The number of anilines is 2. The molecule has 0 fully saturated rings. The van der Waals surface area contributed by atoms with Crippen LogP contribution >= 0.6 is 0 Å². The highest BCUT2D eigenvalue weighted by Crippen LogP contribution is 2.27. The zero-order valence-corrected chi connectivity index (χ0v) is 16.2. The zero-order chi connectivity index (χ0) is 22.4. The first-order valence-electron chi connectivity index (χ1n) is 8.54. The van der Waals surface area contributed by atoms with Gasteiger partial charge in [0, 0.05) is 6.42 Å². The van der Waals surface area contributed by atoms with Crippen LogP contribution in [0.2, 0.25) is 0 Å². The number of carbonyl (C=O) groups is 1. The molecule has 12 heteroatoms. The average molecular weight is 450 g/mol. The molecule has 0 amide bonds. The third-order valence-corrected chi connectivity index (χ3v) is 5.02. The SMILES string of the molecule is O=C(O)CCCOc1ccc(S(=O)(=O)Nc2ccccc2NCC(F)(F)F)cc1F. The van der Waals surface area contributed by atoms with Crippen LogP contribution in [0.4, 0.5) is 28.9 Å². The lowest BCUT2D eigenvalue weighted by atomic mass is 10.3. The molecule has 0 aliphatic heterocycles. The van der Waals surface area contributed by atoms with Crippen LogP contribution in [0, 0.1) is 5.82 Å². The molecule has 0 aliphatic carbocycles. The van der Waals surface area contributed by atoms with Gasteiger partial charge >= 0.3 is 12.1 Å². The summed E-state index contributed by atoms with van der Waals surface area (Å²) in [6.07, 6.45) is -4.53. The normalized spacial score (nSPS) is 11.7. The first-order valence-corrected chi connectivity index (χ1v) is 10.0. The van der Waals surface area contributed by atoms with Gasteiger partial charge in [-0.05, 0) is 36.8 Å². The lowest BCUT2D eigenvalue weighted by molar-refractivity contribution is -0.137. The third kappa shape index (κ3) is 7.10. The van der Waals surface area contributed by atoms with Crippen molar-refractivity contribution >= 4 is 27.4 Å². The summed E-state index contributed by atoms with van der Waals surface area (Å²) in [4.78, 5) is 9.96. The van der Waals surface area contributed by atoms with Gasteiger partial charge in [0.15, 0.2) is 11.6 Å². The third-order valence-electron chi connectivity index (χ3n) is 3.66. The number of halogens is 4. The van der Waals surface area contributed by atoms with E-state index in [1.807, 2.05) is 0 Å². The molecule has 0 aromatic heterocycles. The lowest BCUT2D eigenvalue weighted by Gasteiger charge is -2.15. The van der Waals surface area contributed by atoms with Crippen molar-refractivity contribution in [3.05, 3.63) is 48.3 Å². The molecule has 0 spiro atoms. The van der Waals surface area contributed by atoms with E-state index in [-0.39, 0.29) is 36.6 Å². The fraction of sp³-hybridized carbons (Fsp3) is 0.278. The summed E-state index contributed by atoms with van der Waals surface area (Å²) in [5, 5.41) is 10.6. The number of benzene rings is 2. The second kappa shape index (κ2) is 9.65. The van der Waals surface area contributed by atoms with Gasteiger partial charge in [-0.25, -0.2) is 12.8 Å². The largest absolute Gasteiger partial charge is 0.491 e. The highest BCUT2D eigenvalue weighted by molar-refractivity contribution is 7.92. The van der Waals surface area contributed by atoms with Crippen molar-refractivity contribution in [3.8, 4) is 5.75 Å². The van der Waals surface area contributed by atoms with Crippen molar-refractivity contribution < 1.29 is 40.6 Å². The number of aliphatic carboxylic acids is 1. The molecule has 30 heavy (non-hydrogen) atoms. The van der Waals surface area contributed by atoms with E-state index in [1.54, 1.807) is 0 Å². The van der Waals surface area contributed by atoms with Gasteiger partial charge in [0.1, 0.15) is 6.54 Å². The Morgan fingerprint density at radius 2 is 1.77 bits per heavy atom. The number of ether oxygens (including phenoxy) is 1. The Morgan fingerprint density at radius 1 is 1.10 bits per heavy atom. The summed E-state index contributed by atoms with van der Waals surface area (Å²) >= 11 is 0. The maximum Gasteiger partial charge on any atom is 0.405 e. The van der Waals surface area contributed by atoms with Crippen molar-refractivity contribution in [1.29, 1.82) is 0 Å². The van der Waals surface area contributed by atoms with Crippen LogP contribution in [-0.2, 0) is 14.8 Å². The molecule has 0 aliphatic rings. The Kier molecular flexibility index (Phi) is 7.48. The van der Waals surface area contributed by atoms with E-state index in [9.17, 15) is 30.8 Å². The Labute approximate surface area is 169 Å². The molecule has 2 aromatic carbocycles. The van der Waals surface area contributed by atoms with Crippen LogP contribution in [0.1, 0.15) is 12.8 Å². The Balaban J connectivity index is 2.13. The second-order valence-corrected chi connectivity index (χ2v) is 7.74. The molecule has 0 saturated carbocycles. The maximum atomic E-state index is 14.2.